The van der Waals surface area contributed by atoms with Crippen LogP contribution in [0.5, 0.6) is 0 Å². The minimum absolute atomic E-state index is 0.0305. The van der Waals surface area contributed by atoms with Crippen LogP contribution < -0.4 is 5.73 Å². The third-order valence-electron chi connectivity index (χ3n) is 4.53. The Kier molecular flexibility index (Phi) is 3.06. The molecule has 3 atom stereocenters. The van der Waals surface area contributed by atoms with E-state index in [9.17, 15) is 5.11 Å². The van der Waals surface area contributed by atoms with Gasteiger partial charge in [0.25, 0.3) is 0 Å². The van der Waals surface area contributed by atoms with Crippen LogP contribution >= 0.6 is 0 Å². The van der Waals surface area contributed by atoms with Gasteiger partial charge in [-0.05, 0) is 31.1 Å². The number of hydrogen-bond donors (Lipinski definition) is 2. The van der Waals surface area contributed by atoms with Crippen LogP contribution in [0.1, 0.15) is 39.0 Å². The minimum atomic E-state index is 0.0305. The highest BCUT2D eigenvalue weighted by Crippen LogP contribution is 2.68. The van der Waals surface area contributed by atoms with Gasteiger partial charge in [-0.1, -0.05) is 13.3 Å². The van der Waals surface area contributed by atoms with E-state index in [1.807, 2.05) is 0 Å². The molecular weight excluding hydrogens is 190 g/mol. The monoisotopic (exact) mass is 213 g/mol. The quantitative estimate of drug-likeness (QED) is 0.740. The first-order chi connectivity index (χ1) is 7.22. The number of aliphatic hydroxyl groups is 1. The molecule has 0 aromatic carbocycles. The van der Waals surface area contributed by atoms with Gasteiger partial charge in [-0.15, -0.1) is 0 Å². The molecule has 0 amide bonds. The highest BCUT2D eigenvalue weighted by molar-refractivity contribution is 5.16. The number of ether oxygens (including phenoxy) is 1. The van der Waals surface area contributed by atoms with Crippen molar-refractivity contribution in [3.63, 3.8) is 0 Å². The Morgan fingerprint density at radius 2 is 2.33 bits per heavy atom. The predicted octanol–water partition coefficient (Wildman–Crippen LogP) is 1.29. The second-order valence-corrected chi connectivity index (χ2v) is 5.34. The summed E-state index contributed by atoms with van der Waals surface area (Å²) in [5.74, 6) is 0. The smallest absolute Gasteiger partial charge is 0.0580 e. The lowest BCUT2D eigenvalue weighted by atomic mass is 9.83. The van der Waals surface area contributed by atoms with Crippen LogP contribution in [0.15, 0.2) is 0 Å². The first kappa shape index (κ1) is 11.4. The zero-order chi connectivity index (χ0) is 10.9. The average molecular weight is 213 g/mol. The molecule has 0 radical (unpaired) electrons. The van der Waals surface area contributed by atoms with Gasteiger partial charge < -0.3 is 15.6 Å². The minimum Gasteiger partial charge on any atom is -0.396 e. The lowest BCUT2D eigenvalue weighted by molar-refractivity contribution is -0.0357. The third-order valence-corrected chi connectivity index (χ3v) is 4.53. The molecule has 15 heavy (non-hydrogen) atoms. The Morgan fingerprint density at radius 1 is 1.53 bits per heavy atom. The molecule has 1 heterocycles. The van der Waals surface area contributed by atoms with Gasteiger partial charge in [-0.2, -0.15) is 0 Å². The maximum Gasteiger partial charge on any atom is 0.0580 e. The summed E-state index contributed by atoms with van der Waals surface area (Å²) in [6.07, 6.45) is 6.03. The number of nitrogens with two attached hydrogens (primary N) is 1. The molecule has 0 aromatic rings. The van der Waals surface area contributed by atoms with Crippen LogP contribution in [-0.4, -0.2) is 31.0 Å². The molecule has 2 rings (SSSR count). The van der Waals surface area contributed by atoms with E-state index in [4.69, 9.17) is 10.5 Å². The molecule has 3 N–H and O–H groups in total. The van der Waals surface area contributed by atoms with Gasteiger partial charge in [0.05, 0.1) is 12.7 Å². The Balaban J connectivity index is 1.99. The first-order valence-electron chi connectivity index (χ1n) is 6.14. The molecule has 2 fully saturated rings. The largest absolute Gasteiger partial charge is 0.396 e. The van der Waals surface area contributed by atoms with E-state index in [1.165, 1.54) is 6.42 Å². The molecule has 1 saturated heterocycles. The second-order valence-electron chi connectivity index (χ2n) is 5.34. The fraction of sp³-hybridized carbons (Fsp3) is 1.00. The fourth-order valence-corrected chi connectivity index (χ4v) is 3.35. The van der Waals surface area contributed by atoms with E-state index in [0.29, 0.717) is 18.1 Å². The summed E-state index contributed by atoms with van der Waals surface area (Å²) in [4.78, 5) is 0. The molecule has 1 aliphatic carbocycles. The summed E-state index contributed by atoms with van der Waals surface area (Å²) < 4.78 is 5.75. The van der Waals surface area contributed by atoms with Crippen LogP contribution in [0.4, 0.5) is 0 Å². The van der Waals surface area contributed by atoms with Crippen molar-refractivity contribution in [3.8, 4) is 0 Å². The lowest BCUT2D eigenvalue weighted by Gasteiger charge is -2.33. The maximum atomic E-state index is 9.47. The van der Waals surface area contributed by atoms with Gasteiger partial charge in [-0.25, -0.2) is 0 Å². The first-order valence-corrected chi connectivity index (χ1v) is 6.14. The summed E-state index contributed by atoms with van der Waals surface area (Å²) in [5, 5.41) is 9.47. The summed E-state index contributed by atoms with van der Waals surface area (Å²) in [5.41, 5.74) is 6.15. The highest BCUT2D eigenvalue weighted by Gasteiger charge is 2.66. The van der Waals surface area contributed by atoms with E-state index in [0.717, 1.165) is 32.3 Å². The molecule has 1 saturated carbocycles. The van der Waals surface area contributed by atoms with Crippen LogP contribution in [0.25, 0.3) is 0 Å². The normalized spacial score (nSPS) is 44.6. The van der Waals surface area contributed by atoms with Gasteiger partial charge in [0.15, 0.2) is 0 Å². The fourth-order valence-electron chi connectivity index (χ4n) is 3.35. The van der Waals surface area contributed by atoms with Crippen molar-refractivity contribution in [3.05, 3.63) is 0 Å². The van der Waals surface area contributed by atoms with E-state index >= 15 is 0 Å². The Morgan fingerprint density at radius 3 is 2.87 bits per heavy atom. The summed E-state index contributed by atoms with van der Waals surface area (Å²) in [6.45, 7) is 3.93. The van der Waals surface area contributed by atoms with Gasteiger partial charge in [0, 0.05) is 18.6 Å². The molecule has 3 unspecified atom stereocenters. The summed E-state index contributed by atoms with van der Waals surface area (Å²) in [6, 6.07) is 0. The molecular formula is C12H23NO2. The molecule has 1 aliphatic heterocycles. The van der Waals surface area contributed by atoms with Crippen molar-refractivity contribution < 1.29 is 9.84 Å². The van der Waals surface area contributed by atoms with Gasteiger partial charge in [-0.3, -0.25) is 0 Å². The van der Waals surface area contributed by atoms with E-state index < -0.39 is 0 Å². The van der Waals surface area contributed by atoms with Crippen LogP contribution in [-0.2, 0) is 4.74 Å². The topological polar surface area (TPSA) is 55.5 Å². The Hall–Kier alpha value is -0.120. The zero-order valence-electron chi connectivity index (χ0n) is 9.67. The van der Waals surface area contributed by atoms with E-state index in [2.05, 4.69) is 6.92 Å². The molecule has 1 spiro atoms. The van der Waals surface area contributed by atoms with Gasteiger partial charge in [0.1, 0.15) is 0 Å². The number of rotatable bonds is 4. The molecule has 88 valence electrons. The zero-order valence-corrected chi connectivity index (χ0v) is 9.67. The molecule has 2 aliphatic rings. The van der Waals surface area contributed by atoms with Crippen molar-refractivity contribution in [2.75, 3.05) is 19.8 Å². The second kappa shape index (κ2) is 4.04. The maximum absolute atomic E-state index is 9.47. The van der Waals surface area contributed by atoms with Gasteiger partial charge in [0.2, 0.25) is 0 Å². The van der Waals surface area contributed by atoms with E-state index in [1.54, 1.807) is 0 Å². The third kappa shape index (κ3) is 1.71. The average Bonchev–Trinajstić information content (AvgIpc) is 2.87. The van der Waals surface area contributed by atoms with Crippen molar-refractivity contribution in [1.29, 1.82) is 0 Å². The van der Waals surface area contributed by atoms with Crippen molar-refractivity contribution >= 4 is 0 Å². The molecule has 3 heteroatoms. The molecule has 0 bridgehead atoms. The van der Waals surface area contributed by atoms with Crippen molar-refractivity contribution in [2.24, 2.45) is 16.6 Å². The van der Waals surface area contributed by atoms with Crippen LogP contribution in [0, 0.1) is 10.8 Å². The SMILES string of the molecule is CCCC1CC2(CCO1)CC2(CN)CO. The predicted molar refractivity (Wildman–Crippen MR) is 59.5 cm³/mol. The van der Waals surface area contributed by atoms with Crippen molar-refractivity contribution in [2.45, 2.75) is 45.1 Å². The highest BCUT2D eigenvalue weighted by atomic mass is 16.5. The van der Waals surface area contributed by atoms with Crippen LogP contribution in [0.2, 0.25) is 0 Å². The number of hydrogen-bond acceptors (Lipinski definition) is 3. The van der Waals surface area contributed by atoms with E-state index in [-0.39, 0.29) is 12.0 Å². The summed E-state index contributed by atoms with van der Waals surface area (Å²) in [7, 11) is 0. The molecule has 3 nitrogen and oxygen atoms in total. The Labute approximate surface area is 92.0 Å². The molecule has 0 aromatic heterocycles. The van der Waals surface area contributed by atoms with Gasteiger partial charge >= 0.3 is 0 Å². The van der Waals surface area contributed by atoms with Crippen molar-refractivity contribution in [1.82, 2.24) is 0 Å². The standard InChI is InChI=1S/C12H23NO2/c1-2-3-10-6-11(4-5-15-10)7-12(11,8-13)9-14/h10,14H,2-9,13H2,1H3. The van der Waals surface area contributed by atoms with Crippen LogP contribution in [0.3, 0.4) is 0 Å². The summed E-state index contributed by atoms with van der Waals surface area (Å²) >= 11 is 0. The number of aliphatic hydroxyl groups excluding tert-OH is 1. The lowest BCUT2D eigenvalue weighted by Crippen LogP contribution is -2.34. The Bertz CT molecular complexity index is 226.